The van der Waals surface area contributed by atoms with Crippen LogP contribution in [0.25, 0.3) is 0 Å². The van der Waals surface area contributed by atoms with Crippen LogP contribution in [0.15, 0.2) is 0 Å². The number of nitrogens with two attached hydrogens (primary N) is 1. The fraction of sp³-hybridized carbons (Fsp3) is 0.882. The summed E-state index contributed by atoms with van der Waals surface area (Å²) in [5.74, 6) is 0.439. The minimum atomic E-state index is -0.445. The molecule has 3 fully saturated rings. The smallest absolute Gasteiger partial charge is 0.239 e. The summed E-state index contributed by atoms with van der Waals surface area (Å²) >= 11 is 0. The van der Waals surface area contributed by atoms with Gasteiger partial charge >= 0.3 is 0 Å². The van der Waals surface area contributed by atoms with E-state index in [0.717, 1.165) is 58.2 Å². The van der Waals surface area contributed by atoms with Crippen LogP contribution < -0.4 is 5.73 Å². The van der Waals surface area contributed by atoms with Crippen LogP contribution in [0.5, 0.6) is 0 Å². The van der Waals surface area contributed by atoms with Crippen molar-refractivity contribution >= 4 is 24.2 Å². The summed E-state index contributed by atoms with van der Waals surface area (Å²) < 4.78 is 5.35. The summed E-state index contributed by atoms with van der Waals surface area (Å²) in [5, 5.41) is 0. The molecule has 0 bridgehead atoms. The van der Waals surface area contributed by atoms with Crippen molar-refractivity contribution in [3.63, 3.8) is 0 Å². The van der Waals surface area contributed by atoms with Crippen LogP contribution in [0, 0.1) is 11.8 Å². The molecule has 2 unspecified atom stereocenters. The molecule has 3 saturated heterocycles. The van der Waals surface area contributed by atoms with Gasteiger partial charge in [0, 0.05) is 39.4 Å². The van der Waals surface area contributed by atoms with E-state index in [2.05, 4.69) is 0 Å². The summed E-state index contributed by atoms with van der Waals surface area (Å²) in [6, 6.07) is -0.445. The zero-order chi connectivity index (χ0) is 16.2. The number of halogens is 1. The molecule has 0 spiro atoms. The Hall–Kier alpha value is -0.850. The lowest BCUT2D eigenvalue weighted by Crippen LogP contribution is -2.53. The van der Waals surface area contributed by atoms with Crippen molar-refractivity contribution in [1.29, 1.82) is 0 Å². The number of hydrogen-bond donors (Lipinski definition) is 1. The van der Waals surface area contributed by atoms with Crippen LogP contribution in [-0.2, 0) is 14.3 Å². The second-order valence-electron chi connectivity index (χ2n) is 7.13. The standard InChI is InChI=1S/C17H29N3O3.ClH/c18-15(13-5-10-23-11-6-13)17(22)20-9-3-4-14(12-20)16(21)19-7-1-2-8-19;/h13-15H,1-12,18H2;1H. The molecule has 2 atom stereocenters. The zero-order valence-corrected chi connectivity index (χ0v) is 15.1. The van der Waals surface area contributed by atoms with Crippen LogP contribution in [0.2, 0.25) is 0 Å². The predicted octanol–water partition coefficient (Wildman–Crippen LogP) is 1.02. The minimum Gasteiger partial charge on any atom is -0.381 e. The van der Waals surface area contributed by atoms with Gasteiger partial charge in [-0.05, 0) is 44.4 Å². The highest BCUT2D eigenvalue weighted by Gasteiger charge is 2.35. The first-order chi connectivity index (χ1) is 11.2. The fourth-order valence-corrected chi connectivity index (χ4v) is 4.06. The number of hydrogen-bond acceptors (Lipinski definition) is 4. The minimum absolute atomic E-state index is 0. The van der Waals surface area contributed by atoms with Crippen molar-refractivity contribution in [1.82, 2.24) is 9.80 Å². The highest BCUT2D eigenvalue weighted by Crippen LogP contribution is 2.24. The van der Waals surface area contributed by atoms with E-state index in [1.54, 1.807) is 0 Å². The largest absolute Gasteiger partial charge is 0.381 e. The zero-order valence-electron chi connectivity index (χ0n) is 14.3. The number of rotatable bonds is 3. The van der Waals surface area contributed by atoms with E-state index in [1.807, 2.05) is 9.80 Å². The van der Waals surface area contributed by atoms with Gasteiger partial charge < -0.3 is 20.3 Å². The number of carbonyl (C=O) groups is 2. The molecule has 138 valence electrons. The summed E-state index contributed by atoms with van der Waals surface area (Å²) in [5.41, 5.74) is 6.22. The fourth-order valence-electron chi connectivity index (χ4n) is 4.06. The van der Waals surface area contributed by atoms with Gasteiger partial charge in [-0.1, -0.05) is 0 Å². The maximum atomic E-state index is 12.7. The maximum Gasteiger partial charge on any atom is 0.239 e. The topological polar surface area (TPSA) is 75.9 Å². The van der Waals surface area contributed by atoms with Gasteiger partial charge in [0.2, 0.25) is 11.8 Å². The van der Waals surface area contributed by atoms with Gasteiger partial charge in [0.15, 0.2) is 0 Å². The van der Waals surface area contributed by atoms with Crippen molar-refractivity contribution < 1.29 is 14.3 Å². The molecule has 2 amide bonds. The van der Waals surface area contributed by atoms with E-state index in [0.29, 0.717) is 19.8 Å². The van der Waals surface area contributed by atoms with E-state index in [9.17, 15) is 9.59 Å². The Morgan fingerprint density at radius 3 is 2.25 bits per heavy atom. The second kappa shape index (κ2) is 9.02. The second-order valence-corrected chi connectivity index (χ2v) is 7.13. The van der Waals surface area contributed by atoms with Gasteiger partial charge in [-0.3, -0.25) is 9.59 Å². The predicted molar refractivity (Wildman–Crippen MR) is 93.9 cm³/mol. The molecule has 0 aromatic rings. The van der Waals surface area contributed by atoms with Crippen LogP contribution >= 0.6 is 12.4 Å². The Labute approximate surface area is 150 Å². The molecule has 3 rings (SSSR count). The number of ether oxygens (including phenoxy) is 1. The van der Waals surface area contributed by atoms with Crippen molar-refractivity contribution in [2.75, 3.05) is 39.4 Å². The molecule has 3 heterocycles. The first-order valence-electron chi connectivity index (χ1n) is 9.07. The normalized spacial score (nSPS) is 26.8. The van der Waals surface area contributed by atoms with E-state index in [4.69, 9.17) is 10.5 Å². The number of likely N-dealkylation sites (tertiary alicyclic amines) is 2. The van der Waals surface area contributed by atoms with Crippen molar-refractivity contribution in [3.8, 4) is 0 Å². The number of nitrogens with zero attached hydrogens (tertiary/aromatic N) is 2. The first-order valence-corrected chi connectivity index (χ1v) is 9.07. The average molecular weight is 360 g/mol. The quantitative estimate of drug-likeness (QED) is 0.816. The summed E-state index contributed by atoms with van der Waals surface area (Å²) in [6.45, 7) is 4.43. The third-order valence-corrected chi connectivity index (χ3v) is 5.56. The van der Waals surface area contributed by atoms with Gasteiger partial charge in [-0.2, -0.15) is 0 Å². The Morgan fingerprint density at radius 1 is 0.958 bits per heavy atom. The van der Waals surface area contributed by atoms with Crippen LogP contribution in [0.1, 0.15) is 38.5 Å². The Morgan fingerprint density at radius 2 is 1.58 bits per heavy atom. The third kappa shape index (κ3) is 4.41. The highest BCUT2D eigenvalue weighted by atomic mass is 35.5. The molecule has 0 radical (unpaired) electrons. The van der Waals surface area contributed by atoms with Gasteiger partial charge in [-0.25, -0.2) is 0 Å². The van der Waals surface area contributed by atoms with Gasteiger partial charge in [0.1, 0.15) is 0 Å². The first kappa shape index (κ1) is 19.5. The molecular formula is C17H30ClN3O3. The molecule has 0 aromatic carbocycles. The van der Waals surface area contributed by atoms with E-state index in [1.165, 1.54) is 0 Å². The Balaban J connectivity index is 0.00000208. The van der Waals surface area contributed by atoms with Crippen molar-refractivity contribution in [3.05, 3.63) is 0 Å². The molecule has 2 N–H and O–H groups in total. The SMILES string of the molecule is Cl.NC(C(=O)N1CCCC(C(=O)N2CCCC2)C1)C1CCOCC1. The number of piperidine rings is 1. The number of carbonyl (C=O) groups excluding carboxylic acids is 2. The van der Waals surface area contributed by atoms with E-state index >= 15 is 0 Å². The van der Waals surface area contributed by atoms with Gasteiger partial charge in [0.25, 0.3) is 0 Å². The van der Waals surface area contributed by atoms with E-state index in [-0.39, 0.29) is 36.1 Å². The van der Waals surface area contributed by atoms with Crippen LogP contribution in [0.4, 0.5) is 0 Å². The molecule has 6 nitrogen and oxygen atoms in total. The molecule has 3 aliphatic rings. The lowest BCUT2D eigenvalue weighted by molar-refractivity contribution is -0.141. The van der Waals surface area contributed by atoms with Gasteiger partial charge in [-0.15, -0.1) is 12.4 Å². The highest BCUT2D eigenvalue weighted by molar-refractivity contribution is 5.85. The Kier molecular flexibility index (Phi) is 7.32. The molecule has 3 aliphatic heterocycles. The average Bonchev–Trinajstić information content (AvgIpc) is 3.15. The summed E-state index contributed by atoms with van der Waals surface area (Å²) in [4.78, 5) is 29.1. The van der Waals surface area contributed by atoms with E-state index < -0.39 is 6.04 Å². The van der Waals surface area contributed by atoms with Crippen LogP contribution in [0.3, 0.4) is 0 Å². The third-order valence-electron chi connectivity index (χ3n) is 5.56. The molecule has 24 heavy (non-hydrogen) atoms. The molecule has 7 heteroatoms. The molecule has 0 saturated carbocycles. The molecular weight excluding hydrogens is 330 g/mol. The lowest BCUT2D eigenvalue weighted by atomic mass is 9.90. The lowest BCUT2D eigenvalue weighted by Gasteiger charge is -2.37. The van der Waals surface area contributed by atoms with Gasteiger partial charge in [0.05, 0.1) is 12.0 Å². The monoisotopic (exact) mass is 359 g/mol. The molecule has 0 aliphatic carbocycles. The molecule has 0 aromatic heterocycles. The Bertz CT molecular complexity index is 437. The number of amides is 2. The summed E-state index contributed by atoms with van der Waals surface area (Å²) in [7, 11) is 0. The van der Waals surface area contributed by atoms with Crippen molar-refractivity contribution in [2.24, 2.45) is 17.6 Å². The summed E-state index contributed by atoms with van der Waals surface area (Å²) in [6.07, 6.45) is 5.72. The van der Waals surface area contributed by atoms with Crippen molar-refractivity contribution in [2.45, 2.75) is 44.6 Å². The maximum absolute atomic E-state index is 12.7. The van der Waals surface area contributed by atoms with Crippen LogP contribution in [-0.4, -0.2) is 67.0 Å².